The molecule has 0 aliphatic carbocycles. The highest BCUT2D eigenvalue weighted by Gasteiger charge is 2.20. The van der Waals surface area contributed by atoms with Crippen LogP contribution in [-0.2, 0) is 4.52 Å². The van der Waals surface area contributed by atoms with Gasteiger partial charge >= 0.3 is 0 Å². The number of benzene rings is 1. The van der Waals surface area contributed by atoms with Crippen LogP contribution in [0.3, 0.4) is 0 Å². The van der Waals surface area contributed by atoms with Crippen LogP contribution in [0.5, 0.6) is 0 Å². The molecule has 3 atom stereocenters. The number of thiazole rings is 1. The molecular formula is C20H28N5O3PS2. The molecule has 0 radical (unpaired) electrons. The van der Waals surface area contributed by atoms with Gasteiger partial charge in [-0.3, -0.25) is 5.09 Å². The number of nitrogens with zero attached hydrogens (tertiary/aromatic N) is 3. The van der Waals surface area contributed by atoms with Crippen molar-refractivity contribution in [1.29, 1.82) is 0 Å². The van der Waals surface area contributed by atoms with Gasteiger partial charge in [0, 0.05) is 12.4 Å². The summed E-state index contributed by atoms with van der Waals surface area (Å²) in [6, 6.07) is 10.1. The molecule has 0 fully saturated rings. The average Bonchev–Trinajstić information content (AvgIpc) is 3.15. The second-order valence-electron chi connectivity index (χ2n) is 7.42. The summed E-state index contributed by atoms with van der Waals surface area (Å²) in [5, 5.41) is 17.3. The molecular weight excluding hydrogens is 453 g/mol. The zero-order chi connectivity index (χ0) is 22.4. The summed E-state index contributed by atoms with van der Waals surface area (Å²) in [6.07, 6.45) is 0.806. The van der Waals surface area contributed by atoms with Gasteiger partial charge in [0.2, 0.25) is 0 Å². The Balaban J connectivity index is 1.94. The fourth-order valence-electron chi connectivity index (χ4n) is 3.02. The molecule has 168 valence electrons. The van der Waals surface area contributed by atoms with Gasteiger partial charge in [0.05, 0.1) is 12.6 Å². The van der Waals surface area contributed by atoms with E-state index >= 15 is 0 Å². The molecule has 11 heteroatoms. The van der Waals surface area contributed by atoms with Gasteiger partial charge in [0.25, 0.3) is 8.53 Å². The van der Waals surface area contributed by atoms with E-state index in [1.807, 2.05) is 18.2 Å². The van der Waals surface area contributed by atoms with E-state index < -0.39 is 8.53 Å². The minimum absolute atomic E-state index is 0.00208. The fraction of sp³-hybridized carbons (Fsp3) is 0.450. The number of hydrogen-bond donors (Lipinski definition) is 4. The van der Waals surface area contributed by atoms with E-state index in [2.05, 4.69) is 53.3 Å². The van der Waals surface area contributed by atoms with Gasteiger partial charge in [0.1, 0.15) is 4.70 Å². The van der Waals surface area contributed by atoms with Crippen molar-refractivity contribution in [2.24, 2.45) is 5.92 Å². The van der Waals surface area contributed by atoms with Gasteiger partial charge in [0.15, 0.2) is 21.8 Å². The molecule has 8 nitrogen and oxygen atoms in total. The Kier molecular flexibility index (Phi) is 8.83. The van der Waals surface area contributed by atoms with Crippen molar-refractivity contribution in [2.75, 3.05) is 24.1 Å². The highest BCUT2D eigenvalue weighted by molar-refractivity contribution is 7.99. The minimum atomic E-state index is -1.80. The highest BCUT2D eigenvalue weighted by Crippen LogP contribution is 2.40. The van der Waals surface area contributed by atoms with Crippen molar-refractivity contribution in [2.45, 2.75) is 43.6 Å². The molecule has 4 N–H and O–H groups in total. The average molecular weight is 482 g/mol. The van der Waals surface area contributed by atoms with Crippen LogP contribution in [0.1, 0.15) is 38.0 Å². The fourth-order valence-corrected chi connectivity index (χ4v) is 5.35. The molecule has 0 saturated carbocycles. The number of anilines is 2. The predicted octanol–water partition coefficient (Wildman–Crippen LogP) is 5.04. The van der Waals surface area contributed by atoms with Gasteiger partial charge in [-0.2, -0.15) is 4.98 Å². The molecule has 3 aromatic rings. The van der Waals surface area contributed by atoms with E-state index in [0.29, 0.717) is 27.7 Å². The lowest BCUT2D eigenvalue weighted by Gasteiger charge is -2.19. The third-order valence-corrected chi connectivity index (χ3v) is 7.35. The third-order valence-electron chi connectivity index (χ3n) is 4.47. The van der Waals surface area contributed by atoms with Crippen LogP contribution in [0, 0.1) is 5.92 Å². The highest BCUT2D eigenvalue weighted by atomic mass is 32.2. The lowest BCUT2D eigenvalue weighted by molar-refractivity contribution is 0.259. The smallest absolute Gasteiger partial charge is 0.285 e. The van der Waals surface area contributed by atoms with Gasteiger partial charge < -0.3 is 19.8 Å². The molecule has 0 saturated heterocycles. The SMILES string of the molecule is COP(O)Nc1nc2nc(S[C@@H](C)c3ccccc3)nc(NC(CO)CC(C)C)c2s1. The number of fused-ring (bicyclic) bond motifs is 1. The molecule has 2 aromatic heterocycles. The Hall–Kier alpha value is -1.55. The summed E-state index contributed by atoms with van der Waals surface area (Å²) >= 11 is 2.89. The van der Waals surface area contributed by atoms with Crippen molar-refractivity contribution >= 4 is 52.9 Å². The summed E-state index contributed by atoms with van der Waals surface area (Å²) in [6.45, 7) is 6.35. The van der Waals surface area contributed by atoms with Gasteiger partial charge in [-0.15, -0.1) is 0 Å². The monoisotopic (exact) mass is 481 g/mol. The summed E-state index contributed by atoms with van der Waals surface area (Å²) < 4.78 is 5.68. The number of aliphatic hydroxyl groups excluding tert-OH is 1. The largest absolute Gasteiger partial charge is 0.394 e. The van der Waals surface area contributed by atoms with E-state index in [9.17, 15) is 10.00 Å². The first-order chi connectivity index (χ1) is 14.9. The second kappa shape index (κ2) is 11.4. The van der Waals surface area contributed by atoms with Crippen LogP contribution in [-0.4, -0.2) is 44.7 Å². The maximum Gasteiger partial charge on any atom is 0.285 e. The van der Waals surface area contributed by atoms with Gasteiger partial charge in [-0.1, -0.05) is 67.3 Å². The quantitative estimate of drug-likeness (QED) is 0.170. The molecule has 0 amide bonds. The number of hydrogen-bond acceptors (Lipinski definition) is 10. The number of aliphatic hydroxyl groups is 1. The molecule has 2 heterocycles. The van der Waals surface area contributed by atoms with Gasteiger partial charge in [-0.05, 0) is 24.8 Å². The maximum atomic E-state index is 9.85. The Morgan fingerprint density at radius 3 is 2.55 bits per heavy atom. The molecule has 31 heavy (non-hydrogen) atoms. The Labute approximate surface area is 191 Å². The predicted molar refractivity (Wildman–Crippen MR) is 130 cm³/mol. The summed E-state index contributed by atoms with van der Waals surface area (Å²) in [4.78, 5) is 23.7. The number of aromatic nitrogens is 3. The molecule has 0 bridgehead atoms. The standard InChI is InChI=1S/C20H28N5O3PS2/c1-12(2)10-15(11-26)21-17-16-18(24-20(31-16)25-29(27)28-4)23-19(22-17)30-13(3)14-8-6-5-7-9-14/h5-9,12-13,15,26-27H,10-11H2,1-4H3,(H2,21,22,23,24,25)/t13-,15?,29?/m0/s1. The molecule has 2 unspecified atom stereocenters. The van der Waals surface area contributed by atoms with Crippen molar-refractivity contribution in [3.05, 3.63) is 35.9 Å². The second-order valence-corrected chi connectivity index (χ2v) is 10.9. The van der Waals surface area contributed by atoms with E-state index in [-0.39, 0.29) is 17.9 Å². The first-order valence-corrected chi connectivity index (χ1v) is 12.9. The van der Waals surface area contributed by atoms with Crippen molar-refractivity contribution in [1.82, 2.24) is 15.0 Å². The summed E-state index contributed by atoms with van der Waals surface area (Å²) in [5.74, 6) is 1.06. The van der Waals surface area contributed by atoms with E-state index in [0.717, 1.165) is 11.1 Å². The Morgan fingerprint density at radius 2 is 1.90 bits per heavy atom. The first kappa shape index (κ1) is 24.1. The van der Waals surface area contributed by atoms with Crippen molar-refractivity contribution < 1.29 is 14.5 Å². The molecule has 3 rings (SSSR count). The maximum absolute atomic E-state index is 9.85. The third kappa shape index (κ3) is 6.71. The Bertz CT molecular complexity index is 976. The van der Waals surface area contributed by atoms with Crippen molar-refractivity contribution in [3.8, 4) is 0 Å². The van der Waals surface area contributed by atoms with E-state index in [4.69, 9.17) is 9.51 Å². The van der Waals surface area contributed by atoms with Crippen molar-refractivity contribution in [3.63, 3.8) is 0 Å². The van der Waals surface area contributed by atoms with E-state index in [1.165, 1.54) is 24.0 Å². The summed E-state index contributed by atoms with van der Waals surface area (Å²) in [7, 11) is -0.374. The minimum Gasteiger partial charge on any atom is -0.394 e. The zero-order valence-corrected chi connectivity index (χ0v) is 20.5. The van der Waals surface area contributed by atoms with Crippen LogP contribution in [0.25, 0.3) is 10.3 Å². The summed E-state index contributed by atoms with van der Waals surface area (Å²) in [5.41, 5.74) is 1.72. The molecule has 0 aliphatic rings. The van der Waals surface area contributed by atoms with Crippen LogP contribution < -0.4 is 10.4 Å². The normalized spacial score (nSPS) is 14.5. The van der Waals surface area contributed by atoms with E-state index in [1.54, 1.807) is 11.8 Å². The lowest BCUT2D eigenvalue weighted by atomic mass is 10.0. The number of rotatable bonds is 11. The zero-order valence-electron chi connectivity index (χ0n) is 17.9. The van der Waals surface area contributed by atoms with Crippen LogP contribution in [0.4, 0.5) is 10.9 Å². The number of thioether (sulfide) groups is 1. The lowest BCUT2D eigenvalue weighted by Crippen LogP contribution is -2.26. The Morgan fingerprint density at radius 1 is 1.16 bits per heavy atom. The number of nitrogens with one attached hydrogen (secondary N) is 2. The van der Waals surface area contributed by atoms with Crippen LogP contribution in [0.15, 0.2) is 35.5 Å². The van der Waals surface area contributed by atoms with Crippen LogP contribution in [0.2, 0.25) is 0 Å². The van der Waals surface area contributed by atoms with Gasteiger partial charge in [-0.25, -0.2) is 9.97 Å². The first-order valence-electron chi connectivity index (χ1n) is 9.97. The molecule has 1 aromatic carbocycles. The van der Waals surface area contributed by atoms with Crippen LogP contribution >= 0.6 is 31.6 Å². The molecule has 0 aliphatic heterocycles. The topological polar surface area (TPSA) is 112 Å². The molecule has 0 spiro atoms.